The maximum atomic E-state index is 12.5. The maximum Gasteiger partial charge on any atom is 0.255 e. The number of carbonyl (C=O) groups is 1. The summed E-state index contributed by atoms with van der Waals surface area (Å²) in [5.74, 6) is 5.81. The highest BCUT2D eigenvalue weighted by Gasteiger charge is 2.14. The fourth-order valence-corrected chi connectivity index (χ4v) is 3.70. The first-order valence-corrected chi connectivity index (χ1v) is 11.0. The van der Waals surface area contributed by atoms with Gasteiger partial charge in [0.2, 0.25) is 10.0 Å². The number of amides is 1. The molecule has 0 bridgehead atoms. The molecule has 0 spiro atoms. The molecule has 0 saturated carbocycles. The molecule has 6 nitrogen and oxygen atoms in total. The molecule has 0 radical (unpaired) electrons. The lowest BCUT2D eigenvalue weighted by molar-refractivity contribution is 0.102. The van der Waals surface area contributed by atoms with Crippen molar-refractivity contribution in [1.29, 1.82) is 0 Å². The largest absolute Gasteiger partial charge is 0.383 e. The third-order valence-corrected chi connectivity index (χ3v) is 5.75. The molecule has 7 heteroatoms. The lowest BCUT2D eigenvalue weighted by Crippen LogP contribution is -2.27. The molecular formula is C24H22N2O4S. The number of hydrogen-bond acceptors (Lipinski definition) is 4. The predicted octanol–water partition coefficient (Wildman–Crippen LogP) is 3.26. The normalized spacial score (nSPS) is 10.7. The van der Waals surface area contributed by atoms with Crippen LogP contribution in [-0.2, 0) is 14.8 Å². The van der Waals surface area contributed by atoms with E-state index in [1.54, 1.807) is 12.1 Å². The van der Waals surface area contributed by atoms with E-state index in [9.17, 15) is 13.2 Å². The van der Waals surface area contributed by atoms with Gasteiger partial charge < -0.3 is 10.1 Å². The molecule has 3 aromatic carbocycles. The predicted molar refractivity (Wildman–Crippen MR) is 120 cm³/mol. The van der Waals surface area contributed by atoms with Gasteiger partial charge in [-0.05, 0) is 54.6 Å². The summed E-state index contributed by atoms with van der Waals surface area (Å²) in [6.07, 6.45) is 0. The molecule has 0 fully saturated rings. The van der Waals surface area contributed by atoms with Crippen molar-refractivity contribution >= 4 is 21.6 Å². The Hall–Kier alpha value is -3.44. The third kappa shape index (κ3) is 6.52. The van der Waals surface area contributed by atoms with Crippen molar-refractivity contribution in [1.82, 2.24) is 4.72 Å². The fourth-order valence-electron chi connectivity index (χ4n) is 2.69. The summed E-state index contributed by atoms with van der Waals surface area (Å²) in [5, 5.41) is 2.81. The van der Waals surface area contributed by atoms with Crippen LogP contribution >= 0.6 is 0 Å². The van der Waals surface area contributed by atoms with E-state index in [1.165, 1.54) is 31.4 Å². The monoisotopic (exact) mass is 434 g/mol. The molecule has 0 unspecified atom stereocenters. The highest BCUT2D eigenvalue weighted by atomic mass is 32.2. The molecule has 3 aromatic rings. The summed E-state index contributed by atoms with van der Waals surface area (Å²) < 4.78 is 31.7. The first-order chi connectivity index (χ1) is 15.0. The molecule has 31 heavy (non-hydrogen) atoms. The Kier molecular flexibility index (Phi) is 7.57. The van der Waals surface area contributed by atoms with Gasteiger partial charge in [0.1, 0.15) is 0 Å². The number of benzene rings is 3. The van der Waals surface area contributed by atoms with E-state index >= 15 is 0 Å². The smallest absolute Gasteiger partial charge is 0.255 e. The van der Waals surface area contributed by atoms with Crippen molar-refractivity contribution < 1.29 is 17.9 Å². The highest BCUT2D eigenvalue weighted by Crippen LogP contribution is 2.14. The standard InChI is InChI=1S/C24H22N2O4S/c1-30-17-16-25-31(28,29)23-14-12-21(13-15-23)24(27)26-22-9-5-8-20(18-22)11-10-19-6-3-2-4-7-19/h2-9,12-15,18,25H,16-17H2,1H3,(H,26,27). The molecule has 1 amide bonds. The van der Waals surface area contributed by atoms with E-state index in [2.05, 4.69) is 21.9 Å². The number of anilines is 1. The van der Waals surface area contributed by atoms with Crippen molar-refractivity contribution in [3.05, 3.63) is 95.6 Å². The van der Waals surface area contributed by atoms with Gasteiger partial charge in [-0.15, -0.1) is 0 Å². The van der Waals surface area contributed by atoms with Gasteiger partial charge in [0.25, 0.3) is 5.91 Å². The summed E-state index contributed by atoms with van der Waals surface area (Å²) in [7, 11) is -2.15. The quantitative estimate of drug-likeness (QED) is 0.442. The molecule has 0 aliphatic carbocycles. The minimum Gasteiger partial charge on any atom is -0.383 e. The van der Waals surface area contributed by atoms with Crippen molar-refractivity contribution in [3.8, 4) is 11.8 Å². The average Bonchev–Trinajstić information content (AvgIpc) is 2.79. The second-order valence-electron chi connectivity index (χ2n) is 6.57. The van der Waals surface area contributed by atoms with E-state index in [0.29, 0.717) is 11.3 Å². The van der Waals surface area contributed by atoms with Crippen LogP contribution in [0.2, 0.25) is 0 Å². The van der Waals surface area contributed by atoms with Gasteiger partial charge in [-0.3, -0.25) is 4.79 Å². The van der Waals surface area contributed by atoms with Crippen LogP contribution in [0.15, 0.2) is 83.8 Å². The molecule has 0 aliphatic heterocycles. The van der Waals surface area contributed by atoms with Crippen LogP contribution in [-0.4, -0.2) is 34.6 Å². The van der Waals surface area contributed by atoms with Crippen molar-refractivity contribution in [2.45, 2.75) is 4.90 Å². The van der Waals surface area contributed by atoms with E-state index < -0.39 is 10.0 Å². The van der Waals surface area contributed by atoms with Gasteiger partial charge >= 0.3 is 0 Å². The van der Waals surface area contributed by atoms with Crippen LogP contribution in [0.4, 0.5) is 5.69 Å². The molecule has 0 aliphatic rings. The molecule has 158 valence electrons. The highest BCUT2D eigenvalue weighted by molar-refractivity contribution is 7.89. The van der Waals surface area contributed by atoms with Crippen molar-refractivity contribution in [2.75, 3.05) is 25.6 Å². The summed E-state index contributed by atoms with van der Waals surface area (Å²) in [6, 6.07) is 22.6. The van der Waals surface area contributed by atoms with Crippen LogP contribution in [0.1, 0.15) is 21.5 Å². The van der Waals surface area contributed by atoms with Crippen molar-refractivity contribution in [2.24, 2.45) is 0 Å². The zero-order valence-electron chi connectivity index (χ0n) is 17.0. The number of methoxy groups -OCH3 is 1. The summed E-state index contributed by atoms with van der Waals surface area (Å²) >= 11 is 0. The number of sulfonamides is 1. The molecule has 0 saturated heterocycles. The van der Waals surface area contributed by atoms with Gasteiger partial charge in [-0.1, -0.05) is 36.1 Å². The van der Waals surface area contributed by atoms with Crippen LogP contribution < -0.4 is 10.0 Å². The second-order valence-corrected chi connectivity index (χ2v) is 8.33. The Morgan fingerprint density at radius 2 is 1.58 bits per heavy atom. The summed E-state index contributed by atoms with van der Waals surface area (Å²) in [5.41, 5.74) is 2.62. The topological polar surface area (TPSA) is 84.5 Å². The van der Waals surface area contributed by atoms with E-state index in [-0.39, 0.29) is 24.0 Å². The Morgan fingerprint density at radius 3 is 2.29 bits per heavy atom. The average molecular weight is 435 g/mol. The number of carbonyl (C=O) groups excluding carboxylic acids is 1. The number of rotatable bonds is 7. The lowest BCUT2D eigenvalue weighted by Gasteiger charge is -2.08. The Labute approximate surface area is 182 Å². The van der Waals surface area contributed by atoms with Gasteiger partial charge in [-0.25, -0.2) is 13.1 Å². The van der Waals surface area contributed by atoms with Gasteiger partial charge in [0, 0.05) is 36.0 Å². The van der Waals surface area contributed by atoms with Crippen LogP contribution in [0.3, 0.4) is 0 Å². The Bertz CT molecular complexity index is 1200. The summed E-state index contributed by atoms with van der Waals surface area (Å²) in [6.45, 7) is 0.444. The number of hydrogen-bond donors (Lipinski definition) is 2. The van der Waals surface area contributed by atoms with Gasteiger partial charge in [0.05, 0.1) is 11.5 Å². The molecule has 2 N–H and O–H groups in total. The first-order valence-electron chi connectivity index (χ1n) is 9.55. The maximum absolute atomic E-state index is 12.5. The molecule has 0 heterocycles. The molecule has 0 atom stereocenters. The van der Waals surface area contributed by atoms with E-state index in [4.69, 9.17) is 4.74 Å². The third-order valence-electron chi connectivity index (χ3n) is 4.27. The van der Waals surface area contributed by atoms with E-state index in [0.717, 1.165) is 11.1 Å². The Balaban J connectivity index is 1.67. The van der Waals surface area contributed by atoms with Crippen LogP contribution in [0.5, 0.6) is 0 Å². The zero-order valence-corrected chi connectivity index (χ0v) is 17.8. The van der Waals surface area contributed by atoms with Gasteiger partial charge in [0.15, 0.2) is 0 Å². The van der Waals surface area contributed by atoms with Crippen molar-refractivity contribution in [3.63, 3.8) is 0 Å². The lowest BCUT2D eigenvalue weighted by atomic mass is 10.1. The van der Waals surface area contributed by atoms with E-state index in [1.807, 2.05) is 42.5 Å². The molecule has 3 rings (SSSR count). The van der Waals surface area contributed by atoms with Gasteiger partial charge in [-0.2, -0.15) is 0 Å². The SMILES string of the molecule is COCCNS(=O)(=O)c1ccc(C(=O)Nc2cccc(C#Cc3ccccc3)c2)cc1. The minimum absolute atomic E-state index is 0.0818. The minimum atomic E-state index is -3.65. The molecular weight excluding hydrogens is 412 g/mol. The zero-order chi connectivity index (χ0) is 22.1. The number of nitrogens with one attached hydrogen (secondary N) is 2. The second kappa shape index (κ2) is 10.5. The van der Waals surface area contributed by atoms with Crippen LogP contribution in [0.25, 0.3) is 0 Å². The summed E-state index contributed by atoms with van der Waals surface area (Å²) in [4.78, 5) is 12.6. The Morgan fingerprint density at radius 1 is 0.903 bits per heavy atom. The fraction of sp³-hybridized carbons (Fsp3) is 0.125. The van der Waals surface area contributed by atoms with Crippen LogP contribution in [0, 0.1) is 11.8 Å². The first kappa shape index (κ1) is 22.2. The number of ether oxygens (including phenoxy) is 1. The molecule has 0 aromatic heterocycles.